The Hall–Kier alpha value is -2.72. The first kappa shape index (κ1) is 17.6. The molecule has 1 aliphatic rings. The first-order valence-corrected chi connectivity index (χ1v) is 6.80. The Balaban J connectivity index is 2.48. The normalized spacial score (nSPS) is 15.4. The third-order valence-electron chi connectivity index (χ3n) is 3.43. The summed E-state index contributed by atoms with van der Waals surface area (Å²) in [4.78, 5) is 37.6. The van der Waals surface area contributed by atoms with Crippen LogP contribution in [-0.4, -0.2) is 59.5 Å². The van der Waals surface area contributed by atoms with E-state index in [2.05, 4.69) is 5.43 Å². The highest BCUT2D eigenvalue weighted by Crippen LogP contribution is 2.28. The number of fused-ring (bicyclic) bond motifs is 1. The highest BCUT2D eigenvalue weighted by Gasteiger charge is 2.44. The number of halogens is 3. The Morgan fingerprint density at radius 1 is 1.38 bits per heavy atom. The molecule has 0 saturated carbocycles. The third-order valence-corrected chi connectivity index (χ3v) is 3.43. The van der Waals surface area contributed by atoms with Crippen LogP contribution in [0.4, 0.5) is 18.0 Å². The zero-order valence-corrected chi connectivity index (χ0v) is 13.0. The number of aromatic nitrogens is 1. The number of carbonyl (C=O) groups is 2. The van der Waals surface area contributed by atoms with E-state index < -0.39 is 47.8 Å². The minimum Gasteiger partial charge on any atom is -0.403 e. The van der Waals surface area contributed by atoms with Gasteiger partial charge in [0.2, 0.25) is 11.2 Å². The van der Waals surface area contributed by atoms with Crippen molar-refractivity contribution in [3.05, 3.63) is 28.2 Å². The molecule has 0 bridgehead atoms. The monoisotopic (exact) mass is 348 g/mol. The van der Waals surface area contributed by atoms with Crippen molar-refractivity contribution >= 4 is 12.0 Å². The van der Waals surface area contributed by atoms with Gasteiger partial charge in [0.1, 0.15) is 12.7 Å². The Morgan fingerprint density at radius 2 is 2.00 bits per heavy atom. The van der Waals surface area contributed by atoms with Gasteiger partial charge in [0.15, 0.2) is 5.69 Å². The number of pyridine rings is 1. The van der Waals surface area contributed by atoms with E-state index in [1.165, 1.54) is 20.3 Å². The molecule has 11 heteroatoms. The molecule has 0 aromatic carbocycles. The first-order chi connectivity index (χ1) is 11.0. The van der Waals surface area contributed by atoms with Gasteiger partial charge in [-0.3, -0.25) is 14.3 Å². The summed E-state index contributed by atoms with van der Waals surface area (Å²) in [6, 6.07) is -1.05. The van der Waals surface area contributed by atoms with Crippen LogP contribution in [0, 0.1) is 0 Å². The number of ether oxygens (including phenoxy) is 1. The van der Waals surface area contributed by atoms with E-state index in [1.54, 1.807) is 0 Å². The number of nitrogens with one attached hydrogen (secondary N) is 1. The Bertz CT molecular complexity index is 729. The average molecular weight is 348 g/mol. The van der Waals surface area contributed by atoms with Crippen molar-refractivity contribution in [2.45, 2.75) is 19.1 Å². The molecule has 1 N–H and O–H groups in total. The maximum Gasteiger partial charge on any atom is 0.414 e. The van der Waals surface area contributed by atoms with Crippen molar-refractivity contribution in [3.8, 4) is 5.75 Å². The Labute approximate surface area is 134 Å². The zero-order chi connectivity index (χ0) is 18.2. The Morgan fingerprint density at radius 3 is 2.54 bits per heavy atom. The number of amides is 2. The zero-order valence-electron chi connectivity index (χ0n) is 13.0. The smallest absolute Gasteiger partial charge is 0.403 e. The van der Waals surface area contributed by atoms with Gasteiger partial charge in [0, 0.05) is 26.4 Å². The quantitative estimate of drug-likeness (QED) is 0.855. The molecule has 0 fully saturated rings. The van der Waals surface area contributed by atoms with E-state index in [9.17, 15) is 27.6 Å². The number of nitrogens with zero attached hydrogens (tertiary/aromatic N) is 3. The molecule has 0 saturated heterocycles. The highest BCUT2D eigenvalue weighted by molar-refractivity contribution is 5.97. The van der Waals surface area contributed by atoms with Gasteiger partial charge >= 0.3 is 12.3 Å². The maximum atomic E-state index is 12.9. The molecule has 24 heavy (non-hydrogen) atoms. The molecule has 0 spiro atoms. The SMILES string of the molecule is C[C@@H](N1CNn2ccc(=O)c(OC(=O)N(C)C)c2C1=O)C(F)(F)F. The average Bonchev–Trinajstić information content (AvgIpc) is 2.48. The summed E-state index contributed by atoms with van der Waals surface area (Å²) in [7, 11) is 2.71. The van der Waals surface area contributed by atoms with Gasteiger partial charge in [-0.1, -0.05) is 0 Å². The molecule has 0 aliphatic carbocycles. The van der Waals surface area contributed by atoms with Gasteiger partial charge in [-0.2, -0.15) is 13.2 Å². The number of hydrogen-bond donors (Lipinski definition) is 1. The van der Waals surface area contributed by atoms with Gasteiger partial charge < -0.3 is 20.0 Å². The summed E-state index contributed by atoms with van der Waals surface area (Å²) in [5, 5.41) is 0. The van der Waals surface area contributed by atoms with E-state index >= 15 is 0 Å². The van der Waals surface area contributed by atoms with Crippen molar-refractivity contribution < 1.29 is 27.5 Å². The van der Waals surface area contributed by atoms with E-state index in [4.69, 9.17) is 4.74 Å². The number of hydrogen-bond acceptors (Lipinski definition) is 5. The summed E-state index contributed by atoms with van der Waals surface area (Å²) in [5.41, 5.74) is 1.27. The van der Waals surface area contributed by atoms with Gasteiger partial charge in [0.25, 0.3) is 5.91 Å². The number of alkyl halides is 3. The van der Waals surface area contributed by atoms with E-state index in [-0.39, 0.29) is 0 Å². The van der Waals surface area contributed by atoms with Gasteiger partial charge in [-0.25, -0.2) is 4.79 Å². The second-order valence-corrected chi connectivity index (χ2v) is 5.30. The van der Waals surface area contributed by atoms with Crippen LogP contribution in [0.5, 0.6) is 5.75 Å². The standard InChI is InChI=1S/C13H15F3N4O4/c1-7(13(14,15)16)19-6-17-20-5-4-8(21)10(9(20)11(19)22)24-12(23)18(2)3/h4-5,7,17H,6H2,1-3H3/t7-/m1/s1. The lowest BCUT2D eigenvalue weighted by Gasteiger charge is -2.36. The van der Waals surface area contributed by atoms with Crippen molar-refractivity contribution in [2.75, 3.05) is 26.2 Å². The van der Waals surface area contributed by atoms with Crippen LogP contribution in [0.15, 0.2) is 17.1 Å². The predicted octanol–water partition coefficient (Wildman–Crippen LogP) is 0.816. The molecule has 2 heterocycles. The lowest BCUT2D eigenvalue weighted by atomic mass is 10.2. The highest BCUT2D eigenvalue weighted by atomic mass is 19.4. The second kappa shape index (κ2) is 6.06. The minimum absolute atomic E-state index is 0.420. The van der Waals surface area contributed by atoms with Crippen molar-refractivity contribution in [1.29, 1.82) is 0 Å². The topological polar surface area (TPSA) is 83.9 Å². The van der Waals surface area contributed by atoms with E-state index in [1.807, 2.05) is 0 Å². The van der Waals surface area contributed by atoms with Crippen LogP contribution in [0.1, 0.15) is 17.4 Å². The van der Waals surface area contributed by atoms with Crippen LogP contribution in [0.2, 0.25) is 0 Å². The third kappa shape index (κ3) is 3.14. The maximum absolute atomic E-state index is 12.9. The summed E-state index contributed by atoms with van der Waals surface area (Å²) in [5.74, 6) is -1.70. The molecule has 0 unspecified atom stereocenters. The molecule has 8 nitrogen and oxygen atoms in total. The fourth-order valence-electron chi connectivity index (χ4n) is 1.98. The van der Waals surface area contributed by atoms with Crippen LogP contribution in [-0.2, 0) is 0 Å². The Kier molecular flexibility index (Phi) is 4.45. The molecule has 1 atom stereocenters. The van der Waals surface area contributed by atoms with Gasteiger partial charge in [-0.05, 0) is 6.92 Å². The number of carbonyl (C=O) groups excluding carboxylic acids is 2. The van der Waals surface area contributed by atoms with Gasteiger partial charge in [0.05, 0.1) is 0 Å². The molecule has 1 aromatic heterocycles. The molecular formula is C13H15F3N4O4. The van der Waals surface area contributed by atoms with Crippen LogP contribution in [0.25, 0.3) is 0 Å². The van der Waals surface area contributed by atoms with Crippen LogP contribution in [0.3, 0.4) is 0 Å². The summed E-state index contributed by atoms with van der Waals surface area (Å²) < 4.78 is 44.6. The summed E-state index contributed by atoms with van der Waals surface area (Å²) in [6.07, 6.45) is -4.40. The largest absolute Gasteiger partial charge is 0.414 e. The van der Waals surface area contributed by atoms with Gasteiger partial charge in [-0.15, -0.1) is 0 Å². The van der Waals surface area contributed by atoms with Crippen molar-refractivity contribution in [1.82, 2.24) is 14.5 Å². The predicted molar refractivity (Wildman–Crippen MR) is 76.3 cm³/mol. The molecule has 1 aromatic rings. The molecule has 132 valence electrons. The van der Waals surface area contributed by atoms with E-state index in [0.717, 1.165) is 22.6 Å². The minimum atomic E-state index is -4.64. The molecular weight excluding hydrogens is 333 g/mol. The first-order valence-electron chi connectivity index (χ1n) is 6.80. The molecule has 2 rings (SSSR count). The number of rotatable bonds is 2. The summed E-state index contributed by atoms with van der Waals surface area (Å²) >= 11 is 0. The summed E-state index contributed by atoms with van der Waals surface area (Å²) in [6.45, 7) is 0.401. The van der Waals surface area contributed by atoms with Crippen LogP contribution < -0.4 is 15.6 Å². The van der Waals surface area contributed by atoms with Crippen molar-refractivity contribution in [2.24, 2.45) is 0 Å². The lowest BCUT2D eigenvalue weighted by molar-refractivity contribution is -0.172. The second-order valence-electron chi connectivity index (χ2n) is 5.30. The molecule has 2 amide bonds. The van der Waals surface area contributed by atoms with Crippen LogP contribution >= 0.6 is 0 Å². The fraction of sp³-hybridized carbons (Fsp3) is 0.462. The molecule has 0 radical (unpaired) electrons. The molecule has 1 aliphatic heterocycles. The lowest BCUT2D eigenvalue weighted by Crippen LogP contribution is -2.54. The fourth-order valence-corrected chi connectivity index (χ4v) is 1.98. The van der Waals surface area contributed by atoms with E-state index in [0.29, 0.717) is 4.90 Å². The van der Waals surface area contributed by atoms with Crippen molar-refractivity contribution in [3.63, 3.8) is 0 Å².